The summed E-state index contributed by atoms with van der Waals surface area (Å²) in [5.74, 6) is -0.854. The molecule has 0 aliphatic heterocycles. The maximum atomic E-state index is 11.0. The Morgan fingerprint density at radius 2 is 2.23 bits per heavy atom. The van der Waals surface area contributed by atoms with Crippen molar-refractivity contribution < 1.29 is 9.90 Å². The van der Waals surface area contributed by atoms with Crippen LogP contribution in [-0.4, -0.2) is 30.2 Å². The molecule has 0 heterocycles. The number of hydrogen-bond donors (Lipinski definition) is 3. The summed E-state index contributed by atoms with van der Waals surface area (Å²) in [7, 11) is 0. The van der Waals surface area contributed by atoms with E-state index in [1.165, 1.54) is 0 Å². The van der Waals surface area contributed by atoms with Crippen molar-refractivity contribution in [1.82, 2.24) is 5.32 Å². The number of nitrogens with one attached hydrogen (secondary N) is 2. The number of aliphatic carboxylic acids is 1. The molecule has 0 saturated heterocycles. The Kier molecular flexibility index (Phi) is 8.34. The van der Waals surface area contributed by atoms with Gasteiger partial charge in [-0.25, -0.2) is 0 Å². The van der Waals surface area contributed by atoms with Gasteiger partial charge >= 0.3 is 5.97 Å². The first-order chi connectivity index (χ1) is 10.6. The van der Waals surface area contributed by atoms with Gasteiger partial charge in [0.15, 0.2) is 0 Å². The number of carboxylic acid groups (broad SMARTS) is 1. The number of nitrogens with zero attached hydrogens (tertiary/aromatic N) is 1. The number of rotatable bonds is 10. The number of nitriles is 1. The van der Waals surface area contributed by atoms with Crippen LogP contribution in [0.2, 0.25) is 5.02 Å². The highest BCUT2D eigenvalue weighted by Crippen LogP contribution is 2.21. The standard InChI is InChI=1S/C16H22ClN3O2/c1-2-3-4-7-19-11-14(9-16(21)22)20-13-6-5-12(10-18)15(17)8-13/h5-6,8,14,19-20H,2-4,7,9,11H2,1H3,(H,21,22)/t14-/m0/s1. The predicted molar refractivity (Wildman–Crippen MR) is 88.2 cm³/mol. The number of benzene rings is 1. The molecule has 0 spiro atoms. The van der Waals surface area contributed by atoms with Gasteiger partial charge in [-0.3, -0.25) is 4.79 Å². The number of carbonyl (C=O) groups is 1. The molecule has 1 atom stereocenters. The van der Waals surface area contributed by atoms with Gasteiger partial charge in [0, 0.05) is 18.3 Å². The van der Waals surface area contributed by atoms with Gasteiger partial charge in [-0.2, -0.15) is 5.26 Å². The van der Waals surface area contributed by atoms with Gasteiger partial charge in [-0.1, -0.05) is 31.4 Å². The summed E-state index contributed by atoms with van der Waals surface area (Å²) >= 11 is 5.99. The normalized spacial score (nSPS) is 11.7. The summed E-state index contributed by atoms with van der Waals surface area (Å²) in [5, 5.41) is 24.6. The molecule has 0 aliphatic rings. The van der Waals surface area contributed by atoms with Crippen molar-refractivity contribution in [2.45, 2.75) is 38.6 Å². The molecule has 22 heavy (non-hydrogen) atoms. The summed E-state index contributed by atoms with van der Waals surface area (Å²) < 4.78 is 0. The first-order valence-electron chi connectivity index (χ1n) is 7.45. The largest absolute Gasteiger partial charge is 0.481 e. The molecule has 0 fully saturated rings. The van der Waals surface area contributed by atoms with Gasteiger partial charge in [0.2, 0.25) is 0 Å². The first kappa shape index (κ1) is 18.3. The number of carboxylic acids is 1. The van der Waals surface area contributed by atoms with Crippen LogP contribution in [0.3, 0.4) is 0 Å². The van der Waals surface area contributed by atoms with E-state index in [9.17, 15) is 4.79 Å². The Hall–Kier alpha value is -1.77. The average Bonchev–Trinajstić information content (AvgIpc) is 2.46. The van der Waals surface area contributed by atoms with Crippen molar-refractivity contribution >= 4 is 23.3 Å². The molecule has 1 rings (SSSR count). The van der Waals surface area contributed by atoms with E-state index in [2.05, 4.69) is 17.6 Å². The number of anilines is 1. The van der Waals surface area contributed by atoms with E-state index >= 15 is 0 Å². The van der Waals surface area contributed by atoms with Gasteiger partial charge in [0.1, 0.15) is 6.07 Å². The predicted octanol–water partition coefficient (Wildman–Crippen LogP) is 3.25. The highest BCUT2D eigenvalue weighted by molar-refractivity contribution is 6.32. The Morgan fingerprint density at radius 3 is 2.82 bits per heavy atom. The van der Waals surface area contributed by atoms with E-state index in [-0.39, 0.29) is 12.5 Å². The zero-order valence-electron chi connectivity index (χ0n) is 12.7. The fourth-order valence-corrected chi connectivity index (χ4v) is 2.32. The van der Waals surface area contributed by atoms with Crippen LogP contribution >= 0.6 is 11.6 Å². The van der Waals surface area contributed by atoms with E-state index in [1.54, 1.807) is 18.2 Å². The van der Waals surface area contributed by atoms with Crippen LogP contribution in [0.1, 0.15) is 38.2 Å². The van der Waals surface area contributed by atoms with Crippen molar-refractivity contribution in [1.29, 1.82) is 5.26 Å². The highest BCUT2D eigenvalue weighted by Gasteiger charge is 2.13. The summed E-state index contributed by atoms with van der Waals surface area (Å²) in [4.78, 5) is 11.0. The molecule has 0 unspecified atom stereocenters. The van der Waals surface area contributed by atoms with Crippen LogP contribution in [0.15, 0.2) is 18.2 Å². The molecule has 1 aromatic carbocycles. The van der Waals surface area contributed by atoms with Gasteiger partial charge < -0.3 is 15.7 Å². The third kappa shape index (κ3) is 6.79. The van der Waals surface area contributed by atoms with E-state index in [4.69, 9.17) is 22.0 Å². The van der Waals surface area contributed by atoms with Crippen molar-refractivity contribution in [3.05, 3.63) is 28.8 Å². The van der Waals surface area contributed by atoms with Gasteiger partial charge in [-0.15, -0.1) is 0 Å². The second-order valence-electron chi connectivity index (χ2n) is 5.16. The van der Waals surface area contributed by atoms with Crippen molar-refractivity contribution in [3.8, 4) is 6.07 Å². The molecular formula is C16H22ClN3O2. The highest BCUT2D eigenvalue weighted by atomic mass is 35.5. The molecular weight excluding hydrogens is 302 g/mol. The maximum Gasteiger partial charge on any atom is 0.305 e. The Morgan fingerprint density at radius 1 is 1.45 bits per heavy atom. The summed E-state index contributed by atoms with van der Waals surface area (Å²) in [6, 6.07) is 6.76. The summed E-state index contributed by atoms with van der Waals surface area (Å²) in [6.45, 7) is 3.58. The molecule has 0 bridgehead atoms. The monoisotopic (exact) mass is 323 g/mol. The fourth-order valence-electron chi connectivity index (χ4n) is 2.09. The van der Waals surface area contributed by atoms with E-state index in [0.717, 1.165) is 25.8 Å². The van der Waals surface area contributed by atoms with Crippen LogP contribution < -0.4 is 10.6 Å². The zero-order chi connectivity index (χ0) is 16.4. The van der Waals surface area contributed by atoms with Crippen LogP contribution in [0, 0.1) is 11.3 Å². The van der Waals surface area contributed by atoms with Crippen molar-refractivity contribution in [2.75, 3.05) is 18.4 Å². The molecule has 0 amide bonds. The lowest BCUT2D eigenvalue weighted by Gasteiger charge is -2.19. The topological polar surface area (TPSA) is 85.2 Å². The lowest BCUT2D eigenvalue weighted by Crippen LogP contribution is -2.35. The molecule has 0 aliphatic carbocycles. The van der Waals surface area contributed by atoms with Crippen LogP contribution in [0.4, 0.5) is 5.69 Å². The Labute approximate surface area is 136 Å². The minimum absolute atomic E-state index is 0.0123. The SMILES string of the molecule is CCCCCNC[C@H](CC(=O)O)Nc1ccc(C#N)c(Cl)c1. The molecule has 5 nitrogen and oxygen atoms in total. The maximum absolute atomic E-state index is 11.0. The minimum atomic E-state index is -0.854. The zero-order valence-corrected chi connectivity index (χ0v) is 13.5. The van der Waals surface area contributed by atoms with Gasteiger partial charge in [0.25, 0.3) is 0 Å². The molecule has 0 radical (unpaired) electrons. The molecule has 0 aromatic heterocycles. The number of unbranched alkanes of at least 4 members (excludes halogenated alkanes) is 2. The van der Waals surface area contributed by atoms with E-state index < -0.39 is 5.97 Å². The summed E-state index contributed by atoms with van der Waals surface area (Å²) in [5.41, 5.74) is 1.12. The fraction of sp³-hybridized carbons (Fsp3) is 0.500. The van der Waals surface area contributed by atoms with E-state index in [1.807, 2.05) is 6.07 Å². The quantitative estimate of drug-likeness (QED) is 0.575. The molecule has 0 saturated carbocycles. The third-order valence-corrected chi connectivity index (χ3v) is 3.54. The molecule has 1 aromatic rings. The Balaban J connectivity index is 2.58. The second-order valence-corrected chi connectivity index (χ2v) is 5.56. The number of halogens is 1. The first-order valence-corrected chi connectivity index (χ1v) is 7.83. The minimum Gasteiger partial charge on any atom is -0.481 e. The van der Waals surface area contributed by atoms with Crippen LogP contribution in [0.25, 0.3) is 0 Å². The molecule has 120 valence electrons. The lowest BCUT2D eigenvalue weighted by atomic mass is 10.1. The Bertz CT molecular complexity index is 529. The third-order valence-electron chi connectivity index (χ3n) is 3.23. The van der Waals surface area contributed by atoms with Crippen LogP contribution in [0.5, 0.6) is 0 Å². The lowest BCUT2D eigenvalue weighted by molar-refractivity contribution is -0.137. The van der Waals surface area contributed by atoms with Crippen molar-refractivity contribution in [3.63, 3.8) is 0 Å². The van der Waals surface area contributed by atoms with Gasteiger partial charge in [0.05, 0.1) is 17.0 Å². The second kappa shape index (κ2) is 10.0. The number of hydrogen-bond acceptors (Lipinski definition) is 4. The van der Waals surface area contributed by atoms with Crippen molar-refractivity contribution in [2.24, 2.45) is 0 Å². The van der Waals surface area contributed by atoms with Crippen LogP contribution in [-0.2, 0) is 4.79 Å². The average molecular weight is 324 g/mol. The molecule has 3 N–H and O–H groups in total. The van der Waals surface area contributed by atoms with Gasteiger partial charge in [-0.05, 0) is 31.2 Å². The van der Waals surface area contributed by atoms with E-state index in [0.29, 0.717) is 22.8 Å². The smallest absolute Gasteiger partial charge is 0.305 e. The summed E-state index contributed by atoms with van der Waals surface area (Å²) in [6.07, 6.45) is 3.41. The molecule has 6 heteroatoms.